The van der Waals surface area contributed by atoms with Crippen molar-refractivity contribution in [1.29, 1.82) is 0 Å². The Bertz CT molecular complexity index is 616. The molecule has 1 aromatic rings. The van der Waals surface area contributed by atoms with E-state index in [0.29, 0.717) is 4.90 Å². The van der Waals surface area contributed by atoms with E-state index in [-0.39, 0.29) is 11.5 Å². The molecule has 1 N–H and O–H groups in total. The lowest BCUT2D eigenvalue weighted by molar-refractivity contribution is 0.321. The summed E-state index contributed by atoms with van der Waals surface area (Å²) in [7, 11) is -3.51. The highest BCUT2D eigenvalue weighted by Crippen LogP contribution is 2.34. The molecule has 4 heteroatoms. The van der Waals surface area contributed by atoms with E-state index in [0.717, 1.165) is 18.4 Å². The summed E-state index contributed by atoms with van der Waals surface area (Å²) in [5, 5.41) is 0. The van der Waals surface area contributed by atoms with Gasteiger partial charge in [0.05, 0.1) is 4.90 Å². The minimum absolute atomic E-state index is 0.244. The lowest BCUT2D eigenvalue weighted by Gasteiger charge is -2.36. The van der Waals surface area contributed by atoms with Gasteiger partial charge < -0.3 is 0 Å². The molecule has 1 aliphatic rings. The van der Waals surface area contributed by atoms with Crippen molar-refractivity contribution in [2.45, 2.75) is 37.6 Å². The molecule has 1 aliphatic carbocycles. The van der Waals surface area contributed by atoms with Gasteiger partial charge in [-0.3, -0.25) is 0 Å². The number of hydrogen-bond acceptors (Lipinski definition) is 2. The summed E-state index contributed by atoms with van der Waals surface area (Å²) in [5.41, 5.74) is 0.796. The van der Waals surface area contributed by atoms with Crippen molar-refractivity contribution in [3.05, 3.63) is 54.6 Å². The first-order valence-electron chi connectivity index (χ1n) is 6.77. The summed E-state index contributed by atoms with van der Waals surface area (Å²) in [6.07, 6.45) is 7.64. The van der Waals surface area contributed by atoms with Crippen LogP contribution in [0.15, 0.2) is 54.0 Å². The predicted octanol–water partition coefficient (Wildman–Crippen LogP) is 3.18. The van der Waals surface area contributed by atoms with Crippen molar-refractivity contribution in [2.24, 2.45) is 5.41 Å². The second-order valence-corrected chi connectivity index (χ2v) is 7.30. The van der Waals surface area contributed by atoms with Crippen LogP contribution in [0.3, 0.4) is 0 Å². The SMILES string of the molecule is C=C[C@@]1(C)CCC=C[C@H]1NS(=O)(=O)c1ccc(C)cc1. The standard InChI is InChI=1S/C16H21NO2S/c1-4-16(3)12-6-5-7-15(16)17-20(18,19)14-10-8-13(2)9-11-14/h4-5,7-11,15,17H,1,6,12H2,2-3H3/t15-,16+/m1/s1. The molecular formula is C16H21NO2S. The van der Waals surface area contributed by atoms with Gasteiger partial charge in [-0.1, -0.05) is 42.8 Å². The van der Waals surface area contributed by atoms with E-state index in [2.05, 4.69) is 11.3 Å². The number of benzene rings is 1. The van der Waals surface area contributed by atoms with Crippen LogP contribution in [0.4, 0.5) is 0 Å². The molecule has 0 saturated heterocycles. The van der Waals surface area contributed by atoms with Crippen molar-refractivity contribution in [3.8, 4) is 0 Å². The summed E-state index contributed by atoms with van der Waals surface area (Å²) in [6.45, 7) is 7.82. The van der Waals surface area contributed by atoms with Crippen molar-refractivity contribution < 1.29 is 8.42 Å². The molecule has 0 amide bonds. The van der Waals surface area contributed by atoms with Gasteiger partial charge in [0, 0.05) is 11.5 Å². The second-order valence-electron chi connectivity index (χ2n) is 5.59. The lowest BCUT2D eigenvalue weighted by atomic mass is 9.75. The zero-order valence-electron chi connectivity index (χ0n) is 12.0. The van der Waals surface area contributed by atoms with Crippen LogP contribution in [-0.4, -0.2) is 14.5 Å². The van der Waals surface area contributed by atoms with Crippen molar-refractivity contribution >= 4 is 10.0 Å². The molecule has 2 atom stereocenters. The van der Waals surface area contributed by atoms with E-state index in [1.807, 2.05) is 32.1 Å². The molecule has 3 nitrogen and oxygen atoms in total. The molecule has 0 fully saturated rings. The predicted molar refractivity (Wildman–Crippen MR) is 82.0 cm³/mol. The summed E-state index contributed by atoms with van der Waals surface area (Å²) in [5.74, 6) is 0. The first kappa shape index (κ1) is 15.0. The van der Waals surface area contributed by atoms with Gasteiger partial charge in [-0.25, -0.2) is 13.1 Å². The zero-order chi connectivity index (χ0) is 14.8. The van der Waals surface area contributed by atoms with Gasteiger partial charge in [0.2, 0.25) is 10.0 Å². The monoisotopic (exact) mass is 291 g/mol. The van der Waals surface area contributed by atoms with Gasteiger partial charge in [0.25, 0.3) is 0 Å². The third-order valence-corrected chi connectivity index (χ3v) is 5.43. The smallest absolute Gasteiger partial charge is 0.207 e. The van der Waals surface area contributed by atoms with Crippen LogP contribution >= 0.6 is 0 Å². The molecule has 0 aliphatic heterocycles. The van der Waals surface area contributed by atoms with Gasteiger partial charge in [-0.2, -0.15) is 0 Å². The Balaban J connectivity index is 2.27. The van der Waals surface area contributed by atoms with Crippen LogP contribution in [0.25, 0.3) is 0 Å². The van der Waals surface area contributed by atoms with Crippen LogP contribution in [0.1, 0.15) is 25.3 Å². The van der Waals surface area contributed by atoms with E-state index in [1.165, 1.54) is 0 Å². The van der Waals surface area contributed by atoms with E-state index < -0.39 is 10.0 Å². The fourth-order valence-corrected chi connectivity index (χ4v) is 3.67. The van der Waals surface area contributed by atoms with E-state index in [4.69, 9.17) is 0 Å². The van der Waals surface area contributed by atoms with E-state index in [9.17, 15) is 8.42 Å². The highest BCUT2D eigenvalue weighted by molar-refractivity contribution is 7.89. The maximum Gasteiger partial charge on any atom is 0.241 e. The zero-order valence-corrected chi connectivity index (χ0v) is 12.8. The Morgan fingerprint density at radius 2 is 2.00 bits per heavy atom. The van der Waals surface area contributed by atoms with Gasteiger partial charge >= 0.3 is 0 Å². The van der Waals surface area contributed by atoms with Crippen LogP contribution in [0.2, 0.25) is 0 Å². The number of rotatable bonds is 4. The van der Waals surface area contributed by atoms with Crippen LogP contribution in [-0.2, 0) is 10.0 Å². The quantitative estimate of drug-likeness (QED) is 0.866. The molecule has 0 heterocycles. The topological polar surface area (TPSA) is 46.2 Å². The molecule has 1 aromatic carbocycles. The van der Waals surface area contributed by atoms with Gasteiger partial charge in [0.1, 0.15) is 0 Å². The third kappa shape index (κ3) is 3.02. The normalized spacial score (nSPS) is 26.4. The van der Waals surface area contributed by atoms with Crippen molar-refractivity contribution in [2.75, 3.05) is 0 Å². The lowest BCUT2D eigenvalue weighted by Crippen LogP contribution is -2.45. The van der Waals surface area contributed by atoms with Crippen molar-refractivity contribution in [3.63, 3.8) is 0 Å². The van der Waals surface area contributed by atoms with Crippen LogP contribution in [0, 0.1) is 12.3 Å². The minimum atomic E-state index is -3.51. The van der Waals surface area contributed by atoms with Gasteiger partial charge in [-0.05, 0) is 31.9 Å². The maximum absolute atomic E-state index is 12.4. The maximum atomic E-state index is 12.4. The number of hydrogen-bond donors (Lipinski definition) is 1. The Labute approximate surface area is 121 Å². The first-order valence-corrected chi connectivity index (χ1v) is 8.25. The summed E-state index contributed by atoms with van der Waals surface area (Å²) >= 11 is 0. The molecule has 0 unspecified atom stereocenters. The number of nitrogens with one attached hydrogen (secondary N) is 1. The number of sulfonamides is 1. The average molecular weight is 291 g/mol. The van der Waals surface area contributed by atoms with Crippen LogP contribution in [0.5, 0.6) is 0 Å². The molecule has 0 bridgehead atoms. The molecule has 0 aromatic heterocycles. The number of aryl methyl sites for hydroxylation is 1. The minimum Gasteiger partial charge on any atom is -0.207 e. The second kappa shape index (κ2) is 5.54. The van der Waals surface area contributed by atoms with Gasteiger partial charge in [-0.15, -0.1) is 6.58 Å². The van der Waals surface area contributed by atoms with E-state index >= 15 is 0 Å². The summed E-state index contributed by atoms with van der Waals surface area (Å²) in [6, 6.07) is 6.63. The highest BCUT2D eigenvalue weighted by Gasteiger charge is 2.34. The van der Waals surface area contributed by atoms with E-state index in [1.54, 1.807) is 24.3 Å². The molecule has 20 heavy (non-hydrogen) atoms. The Morgan fingerprint density at radius 3 is 2.60 bits per heavy atom. The average Bonchev–Trinajstić information content (AvgIpc) is 2.42. The fraction of sp³-hybridized carbons (Fsp3) is 0.375. The van der Waals surface area contributed by atoms with Gasteiger partial charge in [0.15, 0.2) is 0 Å². The molecule has 108 valence electrons. The Morgan fingerprint density at radius 1 is 1.35 bits per heavy atom. The molecule has 2 rings (SSSR count). The summed E-state index contributed by atoms with van der Waals surface area (Å²) < 4.78 is 27.7. The van der Waals surface area contributed by atoms with Crippen molar-refractivity contribution in [1.82, 2.24) is 4.72 Å². The molecule has 0 spiro atoms. The molecular weight excluding hydrogens is 270 g/mol. The molecule has 0 saturated carbocycles. The first-order chi connectivity index (χ1) is 9.37. The Kier molecular flexibility index (Phi) is 4.16. The highest BCUT2D eigenvalue weighted by atomic mass is 32.2. The largest absolute Gasteiger partial charge is 0.241 e. The van der Waals surface area contributed by atoms with Crippen LogP contribution < -0.4 is 4.72 Å². The summed E-state index contributed by atoms with van der Waals surface area (Å²) in [4.78, 5) is 0.300. The third-order valence-electron chi connectivity index (χ3n) is 3.97. The fourth-order valence-electron chi connectivity index (χ4n) is 2.36. The Hall–Kier alpha value is -1.39. The molecule has 0 radical (unpaired) electrons. The number of allylic oxidation sites excluding steroid dienone is 1.